The molecule has 0 spiro atoms. The van der Waals surface area contributed by atoms with Crippen molar-refractivity contribution >= 4 is 29.7 Å². The Morgan fingerprint density at radius 1 is 1.20 bits per heavy atom. The maximum absolute atomic E-state index is 9.00. The van der Waals surface area contributed by atoms with Crippen molar-refractivity contribution in [3.8, 4) is 6.07 Å². The Balaban J connectivity index is 1.78. The summed E-state index contributed by atoms with van der Waals surface area (Å²) in [5.74, 6) is 0.515. The van der Waals surface area contributed by atoms with Gasteiger partial charge in [-0.2, -0.15) is 15.5 Å². The summed E-state index contributed by atoms with van der Waals surface area (Å²) < 4.78 is 0. The zero-order chi connectivity index (χ0) is 21.7. The van der Waals surface area contributed by atoms with Crippen LogP contribution >= 0.6 is 11.6 Å². The third-order valence-corrected chi connectivity index (χ3v) is 6.20. The van der Waals surface area contributed by atoms with E-state index < -0.39 is 0 Å². The van der Waals surface area contributed by atoms with E-state index in [1.807, 2.05) is 25.1 Å². The number of piperidine rings is 1. The van der Waals surface area contributed by atoms with E-state index in [1.165, 1.54) is 11.1 Å². The largest absolute Gasteiger partial charge is 0.371 e. The standard InChI is InChI=1S/C25H27ClN4/c1-5-20-14-25(26)23(17(2)29-28-4)15-24(20)18(3)30-12-10-22(11-13-30)21-8-6-19(16-27)7-9-21/h6-9,14-15,22H,3-5,10-13H2,1-2H3/b29-17+. The summed E-state index contributed by atoms with van der Waals surface area (Å²) in [6.07, 6.45) is 3.01. The van der Waals surface area contributed by atoms with Crippen molar-refractivity contribution in [2.45, 2.75) is 39.0 Å². The minimum absolute atomic E-state index is 0.515. The maximum Gasteiger partial charge on any atom is 0.0991 e. The molecular weight excluding hydrogens is 392 g/mol. The Bertz CT molecular complexity index is 1010. The summed E-state index contributed by atoms with van der Waals surface area (Å²) in [7, 11) is 0. The van der Waals surface area contributed by atoms with Gasteiger partial charge in [-0.3, -0.25) is 0 Å². The number of hydrogen-bond donors (Lipinski definition) is 0. The normalized spacial score (nSPS) is 15.0. The Morgan fingerprint density at radius 2 is 1.87 bits per heavy atom. The molecule has 0 aromatic heterocycles. The van der Waals surface area contributed by atoms with E-state index in [4.69, 9.17) is 16.9 Å². The van der Waals surface area contributed by atoms with Crippen molar-refractivity contribution in [1.29, 1.82) is 5.26 Å². The molecule has 0 saturated carbocycles. The van der Waals surface area contributed by atoms with Crippen molar-refractivity contribution in [3.63, 3.8) is 0 Å². The van der Waals surface area contributed by atoms with Crippen LogP contribution in [-0.2, 0) is 6.42 Å². The van der Waals surface area contributed by atoms with E-state index in [1.54, 1.807) is 0 Å². The quantitative estimate of drug-likeness (QED) is 0.423. The second-order valence-corrected chi connectivity index (χ2v) is 8.02. The fraction of sp³-hybridized carbons (Fsp3) is 0.320. The predicted molar refractivity (Wildman–Crippen MR) is 126 cm³/mol. The molecule has 154 valence electrons. The molecule has 1 saturated heterocycles. The van der Waals surface area contributed by atoms with Gasteiger partial charge in [0.15, 0.2) is 0 Å². The highest BCUT2D eigenvalue weighted by Crippen LogP contribution is 2.34. The Hall–Kier alpha value is -2.90. The van der Waals surface area contributed by atoms with Crippen LogP contribution in [0.3, 0.4) is 0 Å². The number of nitriles is 1. The monoisotopic (exact) mass is 418 g/mol. The van der Waals surface area contributed by atoms with Crippen molar-refractivity contribution in [2.75, 3.05) is 13.1 Å². The highest BCUT2D eigenvalue weighted by molar-refractivity contribution is 6.34. The van der Waals surface area contributed by atoms with Gasteiger partial charge in [-0.1, -0.05) is 37.2 Å². The average Bonchev–Trinajstić information content (AvgIpc) is 2.78. The molecule has 2 aromatic rings. The van der Waals surface area contributed by atoms with E-state index in [9.17, 15) is 0 Å². The molecule has 0 aliphatic carbocycles. The molecule has 0 unspecified atom stereocenters. The zero-order valence-corrected chi connectivity index (χ0v) is 18.4. The number of likely N-dealkylation sites (tertiary alicyclic amines) is 1. The van der Waals surface area contributed by atoms with Crippen LogP contribution in [0.25, 0.3) is 5.70 Å². The van der Waals surface area contributed by atoms with Gasteiger partial charge in [0.2, 0.25) is 0 Å². The molecule has 1 aliphatic heterocycles. The fourth-order valence-electron chi connectivity index (χ4n) is 4.10. The lowest BCUT2D eigenvalue weighted by Crippen LogP contribution is -2.31. The van der Waals surface area contributed by atoms with Gasteiger partial charge in [0.25, 0.3) is 0 Å². The van der Waals surface area contributed by atoms with Gasteiger partial charge in [0, 0.05) is 41.7 Å². The SMILES string of the molecule is C=N/N=C(\C)c1cc(C(=C)N2CCC(c3ccc(C#N)cc3)CC2)c(CC)cc1Cl. The van der Waals surface area contributed by atoms with Gasteiger partial charge in [-0.15, -0.1) is 0 Å². The van der Waals surface area contributed by atoms with E-state index >= 15 is 0 Å². The second-order valence-electron chi connectivity index (χ2n) is 7.61. The molecule has 1 heterocycles. The van der Waals surface area contributed by atoms with Gasteiger partial charge in [0.1, 0.15) is 0 Å². The molecule has 4 nitrogen and oxygen atoms in total. The van der Waals surface area contributed by atoms with E-state index in [0.717, 1.165) is 54.9 Å². The van der Waals surface area contributed by atoms with Crippen molar-refractivity contribution in [3.05, 3.63) is 75.8 Å². The van der Waals surface area contributed by atoms with Crippen LogP contribution in [-0.4, -0.2) is 30.4 Å². The summed E-state index contributed by atoms with van der Waals surface area (Å²) in [6.45, 7) is 13.8. The minimum atomic E-state index is 0.515. The molecule has 30 heavy (non-hydrogen) atoms. The van der Waals surface area contributed by atoms with E-state index in [2.05, 4.69) is 59.6 Å². The minimum Gasteiger partial charge on any atom is -0.371 e. The molecule has 0 atom stereocenters. The molecule has 0 radical (unpaired) electrons. The first-order chi connectivity index (χ1) is 14.5. The third-order valence-electron chi connectivity index (χ3n) is 5.88. The maximum atomic E-state index is 9.00. The molecule has 3 rings (SSSR count). The van der Waals surface area contributed by atoms with Crippen molar-refractivity contribution < 1.29 is 0 Å². The first-order valence-corrected chi connectivity index (χ1v) is 10.6. The summed E-state index contributed by atoms with van der Waals surface area (Å²) in [5, 5.41) is 17.4. The van der Waals surface area contributed by atoms with Crippen LogP contribution in [0, 0.1) is 11.3 Å². The topological polar surface area (TPSA) is 51.8 Å². The highest BCUT2D eigenvalue weighted by atomic mass is 35.5. The van der Waals surface area contributed by atoms with E-state index in [0.29, 0.717) is 16.5 Å². The Kier molecular flexibility index (Phi) is 7.07. The van der Waals surface area contributed by atoms with Crippen LogP contribution < -0.4 is 0 Å². The number of benzene rings is 2. The molecular formula is C25H27ClN4. The van der Waals surface area contributed by atoms with E-state index in [-0.39, 0.29) is 0 Å². The number of hydrogen-bond acceptors (Lipinski definition) is 4. The number of halogens is 1. The lowest BCUT2D eigenvalue weighted by molar-refractivity contribution is 0.299. The van der Waals surface area contributed by atoms with Crippen molar-refractivity contribution in [1.82, 2.24) is 4.90 Å². The van der Waals surface area contributed by atoms with Crippen LogP contribution in [0.4, 0.5) is 0 Å². The summed E-state index contributed by atoms with van der Waals surface area (Å²) in [5.41, 5.74) is 6.96. The summed E-state index contributed by atoms with van der Waals surface area (Å²) in [4.78, 5) is 2.37. The molecule has 1 fully saturated rings. The van der Waals surface area contributed by atoms with Gasteiger partial charge < -0.3 is 4.90 Å². The first-order valence-electron chi connectivity index (χ1n) is 10.3. The summed E-state index contributed by atoms with van der Waals surface area (Å²) in [6, 6.07) is 14.3. The van der Waals surface area contributed by atoms with Crippen LogP contribution in [0.5, 0.6) is 0 Å². The zero-order valence-electron chi connectivity index (χ0n) is 17.7. The average molecular weight is 419 g/mol. The molecule has 0 N–H and O–H groups in total. The fourth-order valence-corrected chi connectivity index (χ4v) is 4.42. The predicted octanol–water partition coefficient (Wildman–Crippen LogP) is 6.05. The van der Waals surface area contributed by atoms with Gasteiger partial charge in [-0.05, 0) is 67.5 Å². The smallest absolute Gasteiger partial charge is 0.0991 e. The third kappa shape index (κ3) is 4.63. The second kappa shape index (κ2) is 9.73. The Labute approximate surface area is 184 Å². The number of rotatable bonds is 6. The lowest BCUT2D eigenvalue weighted by atomic mass is 9.88. The molecule has 0 amide bonds. The number of aryl methyl sites for hydroxylation is 1. The van der Waals surface area contributed by atoms with Gasteiger partial charge in [-0.25, -0.2) is 0 Å². The molecule has 5 heteroatoms. The molecule has 1 aliphatic rings. The number of nitrogens with zero attached hydrogens (tertiary/aromatic N) is 4. The van der Waals surface area contributed by atoms with Crippen LogP contribution in [0.1, 0.15) is 60.4 Å². The lowest BCUT2D eigenvalue weighted by Gasteiger charge is -2.35. The van der Waals surface area contributed by atoms with Crippen LogP contribution in [0.2, 0.25) is 5.02 Å². The summed E-state index contributed by atoms with van der Waals surface area (Å²) >= 11 is 6.50. The molecule has 2 aromatic carbocycles. The van der Waals surface area contributed by atoms with Gasteiger partial charge in [0.05, 0.1) is 17.3 Å². The highest BCUT2D eigenvalue weighted by Gasteiger charge is 2.23. The van der Waals surface area contributed by atoms with Crippen molar-refractivity contribution in [2.24, 2.45) is 10.2 Å². The Morgan fingerprint density at radius 3 is 2.43 bits per heavy atom. The van der Waals surface area contributed by atoms with Gasteiger partial charge >= 0.3 is 0 Å². The molecule has 0 bridgehead atoms. The first kappa shape index (κ1) is 21.8. The van der Waals surface area contributed by atoms with Crippen LogP contribution in [0.15, 0.2) is 53.2 Å².